The number of hydrogen-bond acceptors (Lipinski definition) is 6. The van der Waals surface area contributed by atoms with Gasteiger partial charge in [0.1, 0.15) is 5.75 Å². The standard InChI is InChI=1S/C25H24N4O2/c1-30-22-11-5-18(6-12-22)23-4-2-3-19-17-26-25(28-24(19)23)27-20-7-9-21(10-8-20)29-13-15-31-16-14-29/h2-12,17H,13-16H2,1H3,(H,26,27,28). The quantitative estimate of drug-likeness (QED) is 0.504. The van der Waals surface area contributed by atoms with Gasteiger partial charge in [0, 0.05) is 41.6 Å². The summed E-state index contributed by atoms with van der Waals surface area (Å²) in [5.74, 6) is 1.41. The Labute approximate surface area is 181 Å². The number of methoxy groups -OCH3 is 1. The molecule has 6 nitrogen and oxygen atoms in total. The van der Waals surface area contributed by atoms with Crippen LogP contribution in [0.2, 0.25) is 0 Å². The number of benzene rings is 3. The second-order valence-electron chi connectivity index (χ2n) is 7.44. The molecule has 5 rings (SSSR count). The molecule has 0 spiro atoms. The van der Waals surface area contributed by atoms with E-state index < -0.39 is 0 Å². The zero-order valence-electron chi connectivity index (χ0n) is 17.4. The van der Waals surface area contributed by atoms with E-state index >= 15 is 0 Å². The molecule has 1 fully saturated rings. The molecule has 1 saturated heterocycles. The summed E-state index contributed by atoms with van der Waals surface area (Å²) in [5.41, 5.74) is 5.22. The first-order valence-electron chi connectivity index (χ1n) is 10.4. The summed E-state index contributed by atoms with van der Waals surface area (Å²) in [6.45, 7) is 3.41. The van der Waals surface area contributed by atoms with Crippen molar-refractivity contribution in [3.05, 3.63) is 72.9 Å². The van der Waals surface area contributed by atoms with Crippen LogP contribution in [0.3, 0.4) is 0 Å². The average Bonchev–Trinajstić information content (AvgIpc) is 2.85. The molecule has 0 unspecified atom stereocenters. The third kappa shape index (κ3) is 4.15. The predicted molar refractivity (Wildman–Crippen MR) is 124 cm³/mol. The minimum atomic E-state index is 0.576. The largest absolute Gasteiger partial charge is 0.497 e. The lowest BCUT2D eigenvalue weighted by Gasteiger charge is -2.28. The van der Waals surface area contributed by atoms with E-state index in [1.165, 1.54) is 5.69 Å². The van der Waals surface area contributed by atoms with Crippen molar-refractivity contribution in [2.75, 3.05) is 43.6 Å². The zero-order valence-corrected chi connectivity index (χ0v) is 17.4. The summed E-state index contributed by atoms with van der Waals surface area (Å²) in [4.78, 5) is 11.7. The van der Waals surface area contributed by atoms with Crippen LogP contribution in [0.15, 0.2) is 72.9 Å². The number of morpholine rings is 1. The summed E-state index contributed by atoms with van der Waals surface area (Å²) < 4.78 is 10.7. The van der Waals surface area contributed by atoms with Gasteiger partial charge in [0.2, 0.25) is 5.95 Å². The number of hydrogen-bond donors (Lipinski definition) is 1. The number of rotatable bonds is 5. The van der Waals surface area contributed by atoms with Crippen molar-refractivity contribution in [2.24, 2.45) is 0 Å². The molecule has 2 heterocycles. The van der Waals surface area contributed by atoms with Crippen LogP contribution in [0.4, 0.5) is 17.3 Å². The Morgan fingerprint density at radius 2 is 1.71 bits per heavy atom. The molecule has 0 bridgehead atoms. The molecule has 1 aliphatic rings. The van der Waals surface area contributed by atoms with Crippen LogP contribution < -0.4 is 15.0 Å². The van der Waals surface area contributed by atoms with E-state index in [9.17, 15) is 0 Å². The van der Waals surface area contributed by atoms with E-state index in [4.69, 9.17) is 14.5 Å². The van der Waals surface area contributed by atoms with E-state index in [0.717, 1.165) is 59.8 Å². The maximum atomic E-state index is 5.44. The van der Waals surface area contributed by atoms with Crippen molar-refractivity contribution in [3.8, 4) is 16.9 Å². The smallest absolute Gasteiger partial charge is 0.227 e. The van der Waals surface area contributed by atoms with Gasteiger partial charge >= 0.3 is 0 Å². The zero-order chi connectivity index (χ0) is 21.0. The molecule has 6 heteroatoms. The van der Waals surface area contributed by atoms with Crippen molar-refractivity contribution >= 4 is 28.2 Å². The van der Waals surface area contributed by atoms with Crippen molar-refractivity contribution in [1.29, 1.82) is 0 Å². The summed E-state index contributed by atoms with van der Waals surface area (Å²) in [7, 11) is 1.67. The van der Waals surface area contributed by atoms with Gasteiger partial charge in [0.15, 0.2) is 0 Å². The maximum absolute atomic E-state index is 5.44. The van der Waals surface area contributed by atoms with Gasteiger partial charge < -0.3 is 19.7 Å². The van der Waals surface area contributed by atoms with Crippen LogP contribution >= 0.6 is 0 Å². The molecular weight excluding hydrogens is 388 g/mol. The number of nitrogens with one attached hydrogen (secondary N) is 1. The molecule has 4 aromatic rings. The Hall–Kier alpha value is -3.64. The van der Waals surface area contributed by atoms with Gasteiger partial charge in [0.25, 0.3) is 0 Å². The van der Waals surface area contributed by atoms with Gasteiger partial charge in [0.05, 0.1) is 25.8 Å². The monoisotopic (exact) mass is 412 g/mol. The van der Waals surface area contributed by atoms with Crippen molar-refractivity contribution in [3.63, 3.8) is 0 Å². The Bertz CT molecular complexity index is 1170. The third-order valence-corrected chi connectivity index (χ3v) is 5.51. The number of fused-ring (bicyclic) bond motifs is 1. The molecule has 31 heavy (non-hydrogen) atoms. The van der Waals surface area contributed by atoms with Crippen LogP contribution in [0, 0.1) is 0 Å². The fourth-order valence-corrected chi connectivity index (χ4v) is 3.83. The minimum Gasteiger partial charge on any atom is -0.497 e. The SMILES string of the molecule is COc1ccc(-c2cccc3cnc(Nc4ccc(N5CCOCC5)cc4)nc23)cc1. The number of para-hydroxylation sites is 1. The van der Waals surface area contributed by atoms with Crippen LogP contribution in [-0.2, 0) is 4.74 Å². The Kier molecular flexibility index (Phi) is 5.37. The first kappa shape index (κ1) is 19.3. The molecule has 3 aromatic carbocycles. The molecule has 0 atom stereocenters. The first-order valence-corrected chi connectivity index (χ1v) is 10.4. The van der Waals surface area contributed by atoms with Gasteiger partial charge in [-0.05, 0) is 42.0 Å². The van der Waals surface area contributed by atoms with E-state index in [2.05, 4.69) is 45.5 Å². The van der Waals surface area contributed by atoms with Crippen LogP contribution in [0.5, 0.6) is 5.75 Å². The lowest BCUT2D eigenvalue weighted by Crippen LogP contribution is -2.36. The molecule has 1 N–H and O–H groups in total. The fourth-order valence-electron chi connectivity index (χ4n) is 3.83. The minimum absolute atomic E-state index is 0.576. The van der Waals surface area contributed by atoms with Crippen LogP contribution in [0.25, 0.3) is 22.0 Å². The number of aromatic nitrogens is 2. The van der Waals surface area contributed by atoms with Crippen LogP contribution in [-0.4, -0.2) is 43.4 Å². The van der Waals surface area contributed by atoms with Gasteiger partial charge in [-0.15, -0.1) is 0 Å². The highest BCUT2D eigenvalue weighted by Crippen LogP contribution is 2.29. The molecule has 156 valence electrons. The van der Waals surface area contributed by atoms with Gasteiger partial charge in [-0.25, -0.2) is 9.97 Å². The molecule has 0 saturated carbocycles. The highest BCUT2D eigenvalue weighted by molar-refractivity contribution is 5.94. The first-order chi connectivity index (χ1) is 15.3. The number of nitrogens with zero attached hydrogens (tertiary/aromatic N) is 3. The second-order valence-corrected chi connectivity index (χ2v) is 7.44. The van der Waals surface area contributed by atoms with E-state index in [0.29, 0.717) is 5.95 Å². The second kappa shape index (κ2) is 8.62. The Balaban J connectivity index is 1.41. The van der Waals surface area contributed by atoms with Crippen molar-refractivity contribution in [2.45, 2.75) is 0 Å². The summed E-state index contributed by atoms with van der Waals surface area (Å²) in [6, 6.07) is 22.5. The highest BCUT2D eigenvalue weighted by atomic mass is 16.5. The molecule has 0 aliphatic carbocycles. The summed E-state index contributed by atoms with van der Waals surface area (Å²) in [5, 5.41) is 4.34. The summed E-state index contributed by atoms with van der Waals surface area (Å²) in [6.07, 6.45) is 1.86. The molecule has 1 aromatic heterocycles. The lowest BCUT2D eigenvalue weighted by molar-refractivity contribution is 0.122. The van der Waals surface area contributed by atoms with Gasteiger partial charge in [-0.3, -0.25) is 0 Å². The van der Waals surface area contributed by atoms with Gasteiger partial charge in [-0.1, -0.05) is 30.3 Å². The Morgan fingerprint density at radius 1 is 0.935 bits per heavy atom. The predicted octanol–water partition coefficient (Wildman–Crippen LogP) is 4.89. The third-order valence-electron chi connectivity index (χ3n) is 5.51. The van der Waals surface area contributed by atoms with Gasteiger partial charge in [-0.2, -0.15) is 0 Å². The fraction of sp³-hybridized carbons (Fsp3) is 0.200. The van der Waals surface area contributed by atoms with Crippen molar-refractivity contribution in [1.82, 2.24) is 9.97 Å². The van der Waals surface area contributed by atoms with E-state index in [1.807, 2.05) is 42.6 Å². The number of anilines is 3. The summed E-state index contributed by atoms with van der Waals surface area (Å²) >= 11 is 0. The lowest BCUT2D eigenvalue weighted by atomic mass is 10.0. The highest BCUT2D eigenvalue weighted by Gasteiger charge is 2.11. The topological polar surface area (TPSA) is 59.5 Å². The molecule has 0 radical (unpaired) electrons. The van der Waals surface area contributed by atoms with Crippen LogP contribution in [0.1, 0.15) is 0 Å². The Morgan fingerprint density at radius 3 is 2.45 bits per heavy atom. The number of ether oxygens (including phenoxy) is 2. The molecule has 1 aliphatic heterocycles. The molecular formula is C25H24N4O2. The van der Waals surface area contributed by atoms with E-state index in [-0.39, 0.29) is 0 Å². The van der Waals surface area contributed by atoms with E-state index in [1.54, 1.807) is 7.11 Å². The average molecular weight is 412 g/mol. The normalized spacial score (nSPS) is 13.9. The van der Waals surface area contributed by atoms with Crippen molar-refractivity contribution < 1.29 is 9.47 Å². The maximum Gasteiger partial charge on any atom is 0.227 e. The molecule has 0 amide bonds.